The van der Waals surface area contributed by atoms with Gasteiger partial charge in [-0.25, -0.2) is 0 Å². The topological polar surface area (TPSA) is 12.4 Å². The van der Waals surface area contributed by atoms with Crippen LogP contribution < -0.4 is 0 Å². The van der Waals surface area contributed by atoms with E-state index in [1.807, 2.05) is 13.1 Å². The Hall–Kier alpha value is -1.63. The molecule has 0 radical (unpaired) electrons. The predicted molar refractivity (Wildman–Crippen MR) is 115 cm³/mol. The van der Waals surface area contributed by atoms with E-state index < -0.39 is 0 Å². The van der Waals surface area contributed by atoms with E-state index in [0.717, 1.165) is 19.3 Å². The Bertz CT molecular complexity index is 633. The van der Waals surface area contributed by atoms with E-state index in [1.54, 1.807) is 0 Å². The maximum absolute atomic E-state index is 4.78. The molecule has 0 aliphatic rings. The third-order valence-electron chi connectivity index (χ3n) is 5.48. The maximum atomic E-state index is 4.78. The van der Waals surface area contributed by atoms with Crippen LogP contribution in [0.2, 0.25) is 0 Å². The van der Waals surface area contributed by atoms with Crippen LogP contribution >= 0.6 is 0 Å². The SMILES string of the molecule is C=Cc1cccc(C)c1/C(C(CC(C)CC)=NC)=C(/CC)C(C)CC. The summed E-state index contributed by atoms with van der Waals surface area (Å²) >= 11 is 0. The van der Waals surface area contributed by atoms with Crippen LogP contribution in [0.5, 0.6) is 0 Å². The Kier molecular flexibility index (Phi) is 8.89. The van der Waals surface area contributed by atoms with E-state index in [4.69, 9.17) is 4.99 Å². The van der Waals surface area contributed by atoms with Crippen molar-refractivity contribution >= 4 is 17.4 Å². The Balaban J connectivity index is 3.76. The number of aryl methyl sites for hydroxylation is 1. The van der Waals surface area contributed by atoms with Gasteiger partial charge in [-0.3, -0.25) is 4.99 Å². The molecule has 138 valence electrons. The average Bonchev–Trinajstić information content (AvgIpc) is 2.63. The monoisotopic (exact) mass is 339 g/mol. The lowest BCUT2D eigenvalue weighted by Gasteiger charge is -2.25. The average molecular weight is 340 g/mol. The molecule has 0 bridgehead atoms. The summed E-state index contributed by atoms with van der Waals surface area (Å²) in [7, 11) is 1.95. The summed E-state index contributed by atoms with van der Waals surface area (Å²) in [5.74, 6) is 1.20. The quantitative estimate of drug-likeness (QED) is 0.417. The van der Waals surface area contributed by atoms with Crippen molar-refractivity contribution in [3.8, 4) is 0 Å². The predicted octanol–water partition coefficient (Wildman–Crippen LogP) is 7.35. The summed E-state index contributed by atoms with van der Waals surface area (Å²) in [6, 6.07) is 6.51. The first-order chi connectivity index (χ1) is 11.9. The molecular formula is C24H37N. The fourth-order valence-electron chi connectivity index (χ4n) is 3.49. The highest BCUT2D eigenvalue weighted by Gasteiger charge is 2.22. The van der Waals surface area contributed by atoms with E-state index >= 15 is 0 Å². The summed E-state index contributed by atoms with van der Waals surface area (Å²) in [6.07, 6.45) is 6.42. The van der Waals surface area contributed by atoms with Gasteiger partial charge < -0.3 is 0 Å². The zero-order valence-corrected chi connectivity index (χ0v) is 17.4. The maximum Gasteiger partial charge on any atom is 0.0425 e. The molecule has 1 aromatic rings. The van der Waals surface area contributed by atoms with Crippen molar-refractivity contribution in [2.45, 2.75) is 67.2 Å². The Labute approximate surface area is 156 Å². The van der Waals surface area contributed by atoms with E-state index in [-0.39, 0.29) is 0 Å². The van der Waals surface area contributed by atoms with Crippen LogP contribution in [0, 0.1) is 18.8 Å². The van der Waals surface area contributed by atoms with Crippen LogP contribution in [-0.2, 0) is 0 Å². The number of allylic oxidation sites excluding steroid dienone is 2. The number of nitrogens with zero attached hydrogens (tertiary/aromatic N) is 1. The Morgan fingerprint density at radius 2 is 1.84 bits per heavy atom. The van der Waals surface area contributed by atoms with E-state index in [1.165, 1.54) is 40.0 Å². The fourth-order valence-corrected chi connectivity index (χ4v) is 3.49. The number of benzene rings is 1. The number of aliphatic imine (C=N–C) groups is 1. The molecule has 0 spiro atoms. The molecule has 1 rings (SSSR count). The molecule has 2 unspecified atom stereocenters. The normalized spacial score (nSPS) is 15.6. The van der Waals surface area contributed by atoms with Crippen LogP contribution in [0.4, 0.5) is 0 Å². The summed E-state index contributed by atoms with van der Waals surface area (Å²) in [5, 5.41) is 0. The molecule has 1 heteroatoms. The summed E-state index contributed by atoms with van der Waals surface area (Å²) in [6.45, 7) is 17.8. The third kappa shape index (κ3) is 5.17. The highest BCUT2D eigenvalue weighted by atomic mass is 14.7. The van der Waals surface area contributed by atoms with Gasteiger partial charge in [-0.05, 0) is 54.7 Å². The minimum absolute atomic E-state index is 0.561. The molecule has 0 saturated carbocycles. The van der Waals surface area contributed by atoms with Gasteiger partial charge in [-0.15, -0.1) is 0 Å². The number of hydrogen-bond donors (Lipinski definition) is 0. The van der Waals surface area contributed by atoms with Crippen molar-refractivity contribution in [1.82, 2.24) is 0 Å². The lowest BCUT2D eigenvalue weighted by Crippen LogP contribution is -2.14. The molecule has 0 N–H and O–H groups in total. The molecule has 0 fully saturated rings. The fraction of sp³-hybridized carbons (Fsp3) is 0.542. The van der Waals surface area contributed by atoms with Gasteiger partial charge in [0.15, 0.2) is 0 Å². The molecule has 0 aliphatic carbocycles. The van der Waals surface area contributed by atoms with Crippen molar-refractivity contribution in [2.24, 2.45) is 16.8 Å². The third-order valence-corrected chi connectivity index (χ3v) is 5.48. The van der Waals surface area contributed by atoms with E-state index in [0.29, 0.717) is 11.8 Å². The zero-order valence-electron chi connectivity index (χ0n) is 17.4. The first kappa shape index (κ1) is 21.4. The van der Waals surface area contributed by atoms with Gasteiger partial charge in [0.05, 0.1) is 0 Å². The minimum Gasteiger partial charge on any atom is -0.292 e. The van der Waals surface area contributed by atoms with Crippen LogP contribution in [0.1, 0.15) is 77.0 Å². The summed E-state index contributed by atoms with van der Waals surface area (Å²) in [5.41, 5.74) is 8.03. The highest BCUT2D eigenvalue weighted by molar-refractivity contribution is 6.25. The van der Waals surface area contributed by atoms with E-state index in [2.05, 4.69) is 66.3 Å². The largest absolute Gasteiger partial charge is 0.292 e. The van der Waals surface area contributed by atoms with E-state index in [9.17, 15) is 0 Å². The number of hydrogen-bond acceptors (Lipinski definition) is 1. The molecule has 1 nitrogen and oxygen atoms in total. The molecule has 0 amide bonds. The molecule has 25 heavy (non-hydrogen) atoms. The Morgan fingerprint density at radius 3 is 2.32 bits per heavy atom. The zero-order chi connectivity index (χ0) is 19.0. The summed E-state index contributed by atoms with van der Waals surface area (Å²) in [4.78, 5) is 4.78. The van der Waals surface area contributed by atoms with Gasteiger partial charge in [-0.1, -0.05) is 77.5 Å². The van der Waals surface area contributed by atoms with Crippen LogP contribution in [-0.4, -0.2) is 12.8 Å². The Morgan fingerprint density at radius 1 is 1.16 bits per heavy atom. The first-order valence-corrected chi connectivity index (χ1v) is 9.86. The van der Waals surface area contributed by atoms with Crippen molar-refractivity contribution in [3.63, 3.8) is 0 Å². The molecule has 1 aromatic carbocycles. The van der Waals surface area contributed by atoms with Crippen LogP contribution in [0.3, 0.4) is 0 Å². The van der Waals surface area contributed by atoms with Gasteiger partial charge in [0.2, 0.25) is 0 Å². The molecular weight excluding hydrogens is 302 g/mol. The van der Waals surface area contributed by atoms with Crippen molar-refractivity contribution in [2.75, 3.05) is 7.05 Å². The molecule has 0 aromatic heterocycles. The standard InChI is InChI=1S/C24H37N/c1-9-17(5)16-22(25-8)24(21(12-4)18(6)10-2)23-19(7)14-13-15-20(23)11-3/h11,13-15,17-18H,3,9-10,12,16H2,1-2,4-8H3/b24-21-,25-22?. The van der Waals surface area contributed by atoms with Crippen LogP contribution in [0.15, 0.2) is 35.3 Å². The first-order valence-electron chi connectivity index (χ1n) is 9.86. The molecule has 0 aliphatic heterocycles. The second-order valence-corrected chi connectivity index (χ2v) is 7.19. The number of rotatable bonds is 9. The molecule has 0 saturated heterocycles. The van der Waals surface area contributed by atoms with Gasteiger partial charge >= 0.3 is 0 Å². The smallest absolute Gasteiger partial charge is 0.0425 e. The molecule has 0 heterocycles. The van der Waals surface area contributed by atoms with Gasteiger partial charge in [0.1, 0.15) is 0 Å². The van der Waals surface area contributed by atoms with Crippen LogP contribution in [0.25, 0.3) is 11.6 Å². The van der Waals surface area contributed by atoms with Crippen molar-refractivity contribution < 1.29 is 0 Å². The summed E-state index contributed by atoms with van der Waals surface area (Å²) < 4.78 is 0. The lowest BCUT2D eigenvalue weighted by molar-refractivity contribution is 0.587. The minimum atomic E-state index is 0.561. The molecule has 2 atom stereocenters. The highest BCUT2D eigenvalue weighted by Crippen LogP contribution is 2.35. The van der Waals surface area contributed by atoms with Crippen molar-refractivity contribution in [3.05, 3.63) is 47.0 Å². The van der Waals surface area contributed by atoms with Crippen molar-refractivity contribution in [1.29, 1.82) is 0 Å². The second-order valence-electron chi connectivity index (χ2n) is 7.19. The lowest BCUT2D eigenvalue weighted by atomic mass is 9.80. The second kappa shape index (κ2) is 10.4. The van der Waals surface area contributed by atoms with Gasteiger partial charge in [0, 0.05) is 18.3 Å². The van der Waals surface area contributed by atoms with Gasteiger partial charge in [-0.2, -0.15) is 0 Å². The van der Waals surface area contributed by atoms with Gasteiger partial charge in [0.25, 0.3) is 0 Å².